The Labute approximate surface area is 118 Å². The van der Waals surface area contributed by atoms with Crippen LogP contribution in [0.1, 0.15) is 25.3 Å². The van der Waals surface area contributed by atoms with Crippen molar-refractivity contribution < 1.29 is 18.7 Å². The first-order valence-electron chi connectivity index (χ1n) is 6.88. The van der Waals surface area contributed by atoms with Gasteiger partial charge in [0, 0.05) is 6.54 Å². The molecule has 1 saturated heterocycles. The van der Waals surface area contributed by atoms with Crippen LogP contribution >= 0.6 is 0 Å². The summed E-state index contributed by atoms with van der Waals surface area (Å²) in [5, 5.41) is 0. The number of rotatable bonds is 5. The van der Waals surface area contributed by atoms with Crippen LogP contribution in [-0.4, -0.2) is 37.2 Å². The SMILES string of the molecule is CCOC(=O)C1CCCN1Cc1ccc(OC)c(F)c1. The van der Waals surface area contributed by atoms with E-state index in [1.807, 2.05) is 11.0 Å². The van der Waals surface area contributed by atoms with Gasteiger partial charge in [0.25, 0.3) is 0 Å². The van der Waals surface area contributed by atoms with Crippen LogP contribution in [0.2, 0.25) is 0 Å². The van der Waals surface area contributed by atoms with E-state index in [1.54, 1.807) is 13.0 Å². The van der Waals surface area contributed by atoms with Crippen LogP contribution in [0.4, 0.5) is 4.39 Å². The molecule has 1 aliphatic heterocycles. The lowest BCUT2D eigenvalue weighted by Crippen LogP contribution is -2.36. The van der Waals surface area contributed by atoms with Crippen molar-refractivity contribution in [3.63, 3.8) is 0 Å². The predicted octanol–water partition coefficient (Wildman–Crippen LogP) is 2.36. The highest BCUT2D eigenvalue weighted by molar-refractivity contribution is 5.76. The second kappa shape index (κ2) is 6.70. The third-order valence-corrected chi connectivity index (χ3v) is 3.52. The minimum Gasteiger partial charge on any atom is -0.494 e. The van der Waals surface area contributed by atoms with Crippen LogP contribution in [-0.2, 0) is 16.1 Å². The summed E-state index contributed by atoms with van der Waals surface area (Å²) in [6.07, 6.45) is 1.76. The Kier molecular flexibility index (Phi) is 4.95. The molecule has 4 nitrogen and oxygen atoms in total. The molecular weight excluding hydrogens is 261 g/mol. The van der Waals surface area contributed by atoms with Gasteiger partial charge in [0.15, 0.2) is 11.6 Å². The molecule has 0 radical (unpaired) electrons. The van der Waals surface area contributed by atoms with Crippen molar-refractivity contribution in [1.82, 2.24) is 4.90 Å². The van der Waals surface area contributed by atoms with Gasteiger partial charge in [-0.25, -0.2) is 4.39 Å². The van der Waals surface area contributed by atoms with E-state index in [2.05, 4.69) is 0 Å². The molecule has 0 aromatic heterocycles. The van der Waals surface area contributed by atoms with Gasteiger partial charge in [0.2, 0.25) is 0 Å². The zero-order valence-corrected chi connectivity index (χ0v) is 11.9. The average molecular weight is 281 g/mol. The van der Waals surface area contributed by atoms with Gasteiger partial charge in [-0.05, 0) is 44.0 Å². The summed E-state index contributed by atoms with van der Waals surface area (Å²) in [6.45, 7) is 3.57. The summed E-state index contributed by atoms with van der Waals surface area (Å²) in [4.78, 5) is 13.9. The van der Waals surface area contributed by atoms with Crippen molar-refractivity contribution >= 4 is 5.97 Å². The third kappa shape index (κ3) is 3.28. The average Bonchev–Trinajstić information content (AvgIpc) is 2.87. The van der Waals surface area contributed by atoms with Crippen LogP contribution in [0, 0.1) is 5.82 Å². The molecule has 20 heavy (non-hydrogen) atoms. The fraction of sp³-hybridized carbons (Fsp3) is 0.533. The van der Waals surface area contributed by atoms with Crippen LogP contribution in [0.5, 0.6) is 5.75 Å². The van der Waals surface area contributed by atoms with Gasteiger partial charge in [-0.2, -0.15) is 0 Å². The number of likely N-dealkylation sites (tertiary alicyclic amines) is 1. The number of carbonyl (C=O) groups excluding carboxylic acids is 1. The molecule has 0 saturated carbocycles. The highest BCUT2D eigenvalue weighted by atomic mass is 19.1. The second-order valence-corrected chi connectivity index (χ2v) is 4.85. The van der Waals surface area contributed by atoms with Crippen molar-refractivity contribution in [3.05, 3.63) is 29.6 Å². The maximum atomic E-state index is 13.7. The standard InChI is InChI=1S/C15H20FNO3/c1-3-20-15(18)13-5-4-8-17(13)10-11-6-7-14(19-2)12(16)9-11/h6-7,9,13H,3-5,8,10H2,1-2H3. The quantitative estimate of drug-likeness (QED) is 0.777. The molecule has 5 heteroatoms. The summed E-state index contributed by atoms with van der Waals surface area (Å²) in [5.74, 6) is -0.326. The number of nitrogens with zero attached hydrogens (tertiary/aromatic N) is 1. The number of methoxy groups -OCH3 is 1. The van der Waals surface area contributed by atoms with Crippen molar-refractivity contribution in [2.24, 2.45) is 0 Å². The van der Waals surface area contributed by atoms with Gasteiger partial charge < -0.3 is 9.47 Å². The Morgan fingerprint density at radius 2 is 2.30 bits per heavy atom. The number of ether oxygens (including phenoxy) is 2. The smallest absolute Gasteiger partial charge is 0.323 e. The molecule has 1 fully saturated rings. The van der Waals surface area contributed by atoms with Gasteiger partial charge in [-0.15, -0.1) is 0 Å². The zero-order valence-electron chi connectivity index (χ0n) is 11.9. The third-order valence-electron chi connectivity index (χ3n) is 3.52. The van der Waals surface area contributed by atoms with Crippen LogP contribution < -0.4 is 4.74 Å². The van der Waals surface area contributed by atoms with Gasteiger partial charge in [0.1, 0.15) is 6.04 Å². The Hall–Kier alpha value is -1.62. The molecule has 1 aromatic carbocycles. The molecular formula is C15H20FNO3. The van der Waals surface area contributed by atoms with Crippen molar-refractivity contribution in [3.8, 4) is 5.75 Å². The monoisotopic (exact) mass is 281 g/mol. The summed E-state index contributed by atoms with van der Waals surface area (Å²) in [6, 6.07) is 4.68. The van der Waals surface area contributed by atoms with E-state index in [-0.39, 0.29) is 23.6 Å². The number of hydrogen-bond acceptors (Lipinski definition) is 4. The molecule has 1 unspecified atom stereocenters. The van der Waals surface area contributed by atoms with Crippen LogP contribution in [0.25, 0.3) is 0 Å². The Morgan fingerprint density at radius 3 is 2.95 bits per heavy atom. The molecule has 1 atom stereocenters. The molecule has 1 aromatic rings. The van der Waals surface area contributed by atoms with Crippen molar-refractivity contribution in [2.75, 3.05) is 20.3 Å². The summed E-state index contributed by atoms with van der Waals surface area (Å²) in [5.41, 5.74) is 0.833. The molecule has 0 bridgehead atoms. The van der Waals surface area contributed by atoms with Gasteiger partial charge in [-0.1, -0.05) is 6.07 Å². The molecule has 0 N–H and O–H groups in total. The van der Waals surface area contributed by atoms with E-state index in [1.165, 1.54) is 13.2 Å². The van der Waals surface area contributed by atoms with E-state index in [0.29, 0.717) is 13.2 Å². The van der Waals surface area contributed by atoms with Crippen LogP contribution in [0.15, 0.2) is 18.2 Å². The molecule has 2 rings (SSSR count). The molecule has 1 aliphatic rings. The van der Waals surface area contributed by atoms with E-state index in [0.717, 1.165) is 24.9 Å². The highest BCUT2D eigenvalue weighted by Crippen LogP contribution is 2.23. The Bertz CT molecular complexity index is 478. The molecule has 1 heterocycles. The number of esters is 1. The fourth-order valence-electron chi connectivity index (χ4n) is 2.56. The van der Waals surface area contributed by atoms with E-state index in [9.17, 15) is 9.18 Å². The maximum Gasteiger partial charge on any atom is 0.323 e. The molecule has 0 spiro atoms. The minimum absolute atomic E-state index is 0.181. The lowest BCUT2D eigenvalue weighted by atomic mass is 10.1. The van der Waals surface area contributed by atoms with Gasteiger partial charge in [0.05, 0.1) is 13.7 Å². The maximum absolute atomic E-state index is 13.7. The number of benzene rings is 1. The predicted molar refractivity (Wildman–Crippen MR) is 73.0 cm³/mol. The number of halogens is 1. The lowest BCUT2D eigenvalue weighted by molar-refractivity contribution is -0.148. The second-order valence-electron chi connectivity index (χ2n) is 4.85. The normalized spacial score (nSPS) is 19.1. The first kappa shape index (κ1) is 14.8. The molecule has 0 amide bonds. The molecule has 0 aliphatic carbocycles. The van der Waals surface area contributed by atoms with E-state index in [4.69, 9.17) is 9.47 Å². The van der Waals surface area contributed by atoms with Crippen LogP contribution in [0.3, 0.4) is 0 Å². The number of hydrogen-bond donors (Lipinski definition) is 0. The van der Waals surface area contributed by atoms with E-state index < -0.39 is 0 Å². The summed E-state index contributed by atoms with van der Waals surface area (Å²) >= 11 is 0. The Morgan fingerprint density at radius 1 is 1.50 bits per heavy atom. The first-order valence-corrected chi connectivity index (χ1v) is 6.88. The zero-order chi connectivity index (χ0) is 14.5. The summed E-state index contributed by atoms with van der Waals surface area (Å²) < 4.78 is 23.6. The minimum atomic E-state index is -0.378. The van der Waals surface area contributed by atoms with Crippen molar-refractivity contribution in [2.45, 2.75) is 32.4 Å². The highest BCUT2D eigenvalue weighted by Gasteiger charge is 2.31. The van der Waals surface area contributed by atoms with Gasteiger partial charge >= 0.3 is 5.97 Å². The topological polar surface area (TPSA) is 38.8 Å². The van der Waals surface area contributed by atoms with E-state index >= 15 is 0 Å². The van der Waals surface area contributed by atoms with Gasteiger partial charge in [-0.3, -0.25) is 9.69 Å². The first-order chi connectivity index (χ1) is 9.65. The van der Waals surface area contributed by atoms with Crippen molar-refractivity contribution in [1.29, 1.82) is 0 Å². The molecule has 110 valence electrons. The Balaban J connectivity index is 2.05. The largest absolute Gasteiger partial charge is 0.494 e. The lowest BCUT2D eigenvalue weighted by Gasteiger charge is -2.22. The summed E-state index contributed by atoms with van der Waals surface area (Å²) in [7, 11) is 1.44. The number of carbonyl (C=O) groups is 1. The fourth-order valence-corrected chi connectivity index (χ4v) is 2.56.